The first-order valence-electron chi connectivity index (χ1n) is 6.08. The van der Waals surface area contributed by atoms with Crippen molar-refractivity contribution in [2.45, 2.75) is 58.0 Å². The van der Waals surface area contributed by atoms with E-state index in [1.807, 2.05) is 0 Å². The van der Waals surface area contributed by atoms with Crippen molar-refractivity contribution in [2.75, 3.05) is 0 Å². The van der Waals surface area contributed by atoms with Crippen molar-refractivity contribution in [1.29, 1.82) is 0 Å². The van der Waals surface area contributed by atoms with Crippen LogP contribution < -0.4 is 11.1 Å². The Bertz CT molecular complexity index is 292. The molecule has 5 nitrogen and oxygen atoms in total. The maximum atomic E-state index is 11.6. The van der Waals surface area contributed by atoms with Gasteiger partial charge in [-0.25, -0.2) is 0 Å². The first kappa shape index (κ1) is 14.0. The summed E-state index contributed by atoms with van der Waals surface area (Å²) in [5.41, 5.74) is 5.85. The van der Waals surface area contributed by atoms with Crippen LogP contribution >= 0.6 is 0 Å². The van der Waals surface area contributed by atoms with Crippen LogP contribution in [0.4, 0.5) is 0 Å². The Morgan fingerprint density at radius 2 is 1.94 bits per heavy atom. The number of nitrogens with one attached hydrogen (secondary N) is 1. The molecule has 98 valence electrons. The molecule has 0 saturated heterocycles. The number of carboxylic acids is 1. The molecule has 5 heteroatoms. The summed E-state index contributed by atoms with van der Waals surface area (Å²) in [6.45, 7) is 4.45. The zero-order chi connectivity index (χ0) is 13.1. The van der Waals surface area contributed by atoms with Crippen molar-refractivity contribution in [1.82, 2.24) is 5.32 Å². The third-order valence-electron chi connectivity index (χ3n) is 3.42. The second-order valence-electron chi connectivity index (χ2n) is 5.65. The van der Waals surface area contributed by atoms with Crippen molar-refractivity contribution in [2.24, 2.45) is 11.1 Å². The number of carbonyl (C=O) groups excluding carboxylic acids is 1. The highest BCUT2D eigenvalue weighted by atomic mass is 16.4. The Morgan fingerprint density at radius 1 is 1.41 bits per heavy atom. The Morgan fingerprint density at radius 3 is 2.41 bits per heavy atom. The highest BCUT2D eigenvalue weighted by molar-refractivity contribution is 5.86. The van der Waals surface area contributed by atoms with E-state index in [9.17, 15) is 9.59 Å². The second kappa shape index (κ2) is 5.49. The van der Waals surface area contributed by atoms with Gasteiger partial charge in [0, 0.05) is 6.04 Å². The van der Waals surface area contributed by atoms with E-state index in [0.717, 1.165) is 25.7 Å². The van der Waals surface area contributed by atoms with Crippen molar-refractivity contribution >= 4 is 11.9 Å². The smallest absolute Gasteiger partial charge is 0.305 e. The van der Waals surface area contributed by atoms with Crippen LogP contribution in [0.1, 0.15) is 46.0 Å². The predicted molar refractivity (Wildman–Crippen MR) is 64.4 cm³/mol. The summed E-state index contributed by atoms with van der Waals surface area (Å²) in [7, 11) is 0. The van der Waals surface area contributed by atoms with Gasteiger partial charge in [-0.1, -0.05) is 13.8 Å². The molecule has 0 aromatic heterocycles. The third kappa shape index (κ3) is 4.73. The highest BCUT2D eigenvalue weighted by Gasteiger charge is 2.28. The number of carbonyl (C=O) groups is 2. The summed E-state index contributed by atoms with van der Waals surface area (Å²) >= 11 is 0. The molecule has 1 amide bonds. The molecule has 0 spiro atoms. The van der Waals surface area contributed by atoms with Crippen molar-refractivity contribution in [3.8, 4) is 0 Å². The van der Waals surface area contributed by atoms with Crippen LogP contribution in [-0.2, 0) is 9.59 Å². The number of rotatable bonds is 4. The zero-order valence-electron chi connectivity index (χ0n) is 10.5. The van der Waals surface area contributed by atoms with Gasteiger partial charge >= 0.3 is 5.97 Å². The molecule has 1 atom stereocenters. The molecule has 1 saturated carbocycles. The van der Waals surface area contributed by atoms with Gasteiger partial charge in [0.05, 0.1) is 12.5 Å². The Balaban J connectivity index is 2.35. The number of amides is 1. The monoisotopic (exact) mass is 242 g/mol. The van der Waals surface area contributed by atoms with E-state index in [4.69, 9.17) is 10.8 Å². The summed E-state index contributed by atoms with van der Waals surface area (Å²) in [5.74, 6) is -1.39. The van der Waals surface area contributed by atoms with Gasteiger partial charge in [-0.05, 0) is 31.1 Å². The summed E-state index contributed by atoms with van der Waals surface area (Å²) in [5, 5.41) is 11.4. The topological polar surface area (TPSA) is 92.4 Å². The van der Waals surface area contributed by atoms with Crippen LogP contribution in [0, 0.1) is 5.41 Å². The molecule has 1 aliphatic carbocycles. The lowest BCUT2D eigenvalue weighted by Gasteiger charge is -2.34. The third-order valence-corrected chi connectivity index (χ3v) is 3.42. The Kier molecular flexibility index (Phi) is 4.51. The summed E-state index contributed by atoms with van der Waals surface area (Å²) in [6.07, 6.45) is 3.72. The SMILES string of the molecule is CC1(C)CCC(NC(=O)C(N)CC(=O)O)CC1. The molecule has 0 heterocycles. The molecule has 17 heavy (non-hydrogen) atoms. The van der Waals surface area contributed by atoms with Crippen LogP contribution in [0.25, 0.3) is 0 Å². The van der Waals surface area contributed by atoms with Gasteiger partial charge in [0.15, 0.2) is 0 Å². The van der Waals surface area contributed by atoms with Crippen molar-refractivity contribution < 1.29 is 14.7 Å². The molecule has 0 aromatic rings. The Labute approximate surface area is 102 Å². The average Bonchev–Trinajstić information content (AvgIpc) is 2.20. The largest absolute Gasteiger partial charge is 0.481 e. The van der Waals surface area contributed by atoms with Crippen molar-refractivity contribution in [3.63, 3.8) is 0 Å². The number of hydrogen-bond acceptors (Lipinski definition) is 3. The van der Waals surface area contributed by atoms with Gasteiger partial charge in [0.2, 0.25) is 5.91 Å². The second-order valence-corrected chi connectivity index (χ2v) is 5.65. The minimum atomic E-state index is -1.04. The molecule has 0 aromatic carbocycles. The average molecular weight is 242 g/mol. The van der Waals surface area contributed by atoms with E-state index in [-0.39, 0.29) is 18.4 Å². The zero-order valence-corrected chi connectivity index (χ0v) is 10.5. The fourth-order valence-corrected chi connectivity index (χ4v) is 2.13. The summed E-state index contributed by atoms with van der Waals surface area (Å²) < 4.78 is 0. The molecule has 1 unspecified atom stereocenters. The summed E-state index contributed by atoms with van der Waals surface area (Å²) in [6, 6.07) is -0.794. The molecule has 0 radical (unpaired) electrons. The van der Waals surface area contributed by atoms with E-state index < -0.39 is 12.0 Å². The molecule has 4 N–H and O–H groups in total. The molecule has 1 aliphatic rings. The number of aliphatic carboxylic acids is 1. The van der Waals surface area contributed by atoms with Gasteiger partial charge in [-0.2, -0.15) is 0 Å². The number of carboxylic acid groups (broad SMARTS) is 1. The van der Waals surface area contributed by atoms with E-state index in [0.29, 0.717) is 5.41 Å². The Hall–Kier alpha value is -1.10. The van der Waals surface area contributed by atoms with Gasteiger partial charge in [0.25, 0.3) is 0 Å². The first-order valence-corrected chi connectivity index (χ1v) is 6.08. The minimum absolute atomic E-state index is 0.148. The summed E-state index contributed by atoms with van der Waals surface area (Å²) in [4.78, 5) is 22.0. The molecular weight excluding hydrogens is 220 g/mol. The molecular formula is C12H22N2O3. The van der Waals surface area contributed by atoms with E-state index in [1.165, 1.54) is 0 Å². The normalized spacial score (nSPS) is 21.8. The lowest BCUT2D eigenvalue weighted by molar-refractivity contribution is -0.139. The van der Waals surface area contributed by atoms with Gasteiger partial charge in [-0.15, -0.1) is 0 Å². The lowest BCUT2D eigenvalue weighted by Crippen LogP contribution is -2.47. The fourth-order valence-electron chi connectivity index (χ4n) is 2.13. The molecule has 1 fully saturated rings. The van der Waals surface area contributed by atoms with Gasteiger partial charge < -0.3 is 16.2 Å². The van der Waals surface area contributed by atoms with E-state index >= 15 is 0 Å². The maximum Gasteiger partial charge on any atom is 0.305 e. The molecule has 0 aliphatic heterocycles. The quantitative estimate of drug-likeness (QED) is 0.682. The minimum Gasteiger partial charge on any atom is -0.481 e. The van der Waals surface area contributed by atoms with Crippen LogP contribution in [0.5, 0.6) is 0 Å². The molecule has 1 rings (SSSR count). The predicted octanol–water partition coefficient (Wildman–Crippen LogP) is 0.873. The first-order chi connectivity index (χ1) is 7.80. The van der Waals surface area contributed by atoms with Crippen LogP contribution in [0.3, 0.4) is 0 Å². The maximum absolute atomic E-state index is 11.6. The van der Waals surface area contributed by atoms with Gasteiger partial charge in [-0.3, -0.25) is 9.59 Å². The number of hydrogen-bond donors (Lipinski definition) is 3. The number of nitrogens with two attached hydrogens (primary N) is 1. The van der Waals surface area contributed by atoms with Gasteiger partial charge in [0.1, 0.15) is 0 Å². The fraction of sp³-hybridized carbons (Fsp3) is 0.833. The van der Waals surface area contributed by atoms with E-state index in [1.54, 1.807) is 0 Å². The van der Waals surface area contributed by atoms with Crippen LogP contribution in [0.15, 0.2) is 0 Å². The highest BCUT2D eigenvalue weighted by Crippen LogP contribution is 2.34. The van der Waals surface area contributed by atoms with Crippen LogP contribution in [0.2, 0.25) is 0 Å². The molecule has 0 bridgehead atoms. The van der Waals surface area contributed by atoms with E-state index in [2.05, 4.69) is 19.2 Å². The standard InChI is InChI=1S/C12H22N2O3/c1-12(2)5-3-8(4-6-12)14-11(17)9(13)7-10(15)16/h8-9H,3-7,13H2,1-2H3,(H,14,17)(H,15,16). The van der Waals surface area contributed by atoms with Crippen LogP contribution in [-0.4, -0.2) is 29.1 Å². The lowest BCUT2D eigenvalue weighted by atomic mass is 9.75. The van der Waals surface area contributed by atoms with Crippen molar-refractivity contribution in [3.05, 3.63) is 0 Å².